The van der Waals surface area contributed by atoms with E-state index in [1.807, 2.05) is 6.07 Å². The summed E-state index contributed by atoms with van der Waals surface area (Å²) in [6.07, 6.45) is 1.68. The zero-order valence-corrected chi connectivity index (χ0v) is 12.5. The van der Waals surface area contributed by atoms with Crippen LogP contribution in [-0.2, 0) is 15.9 Å². The first kappa shape index (κ1) is 15.7. The molecule has 1 aromatic rings. The summed E-state index contributed by atoms with van der Waals surface area (Å²) < 4.78 is 24.1. The quantitative estimate of drug-likeness (QED) is 0.786. The molecular weight excluding hydrogens is 281 g/mol. The Morgan fingerprint density at radius 3 is 3.05 bits per heavy atom. The van der Waals surface area contributed by atoms with Crippen LogP contribution in [0.15, 0.2) is 18.2 Å². The van der Waals surface area contributed by atoms with E-state index in [9.17, 15) is 4.39 Å². The smallest absolute Gasteiger partial charge is 0.142 e. The zero-order valence-electron chi connectivity index (χ0n) is 11.8. The summed E-state index contributed by atoms with van der Waals surface area (Å²) in [5.74, 6) is -0.356. The van der Waals surface area contributed by atoms with Gasteiger partial charge in [-0.2, -0.15) is 0 Å². The summed E-state index contributed by atoms with van der Waals surface area (Å²) in [5, 5.41) is 3.61. The van der Waals surface area contributed by atoms with Crippen molar-refractivity contribution in [2.75, 3.05) is 40.0 Å². The number of hydrogen-bond acceptors (Lipinski definition) is 3. The molecule has 5 heteroatoms. The van der Waals surface area contributed by atoms with Crippen molar-refractivity contribution in [1.82, 2.24) is 5.32 Å². The molecule has 1 aliphatic rings. The number of benzene rings is 1. The maximum absolute atomic E-state index is 13.5. The lowest BCUT2D eigenvalue weighted by Crippen LogP contribution is -2.38. The minimum atomic E-state index is -0.356. The number of methoxy groups -OCH3 is 1. The average Bonchev–Trinajstić information content (AvgIpc) is 2.89. The Balaban J connectivity index is 2.03. The molecule has 1 fully saturated rings. The van der Waals surface area contributed by atoms with Crippen molar-refractivity contribution in [2.24, 2.45) is 5.41 Å². The Labute approximate surface area is 124 Å². The molecule has 0 saturated carbocycles. The molecule has 1 heterocycles. The highest BCUT2D eigenvalue weighted by Gasteiger charge is 2.35. The van der Waals surface area contributed by atoms with E-state index >= 15 is 0 Å². The SMILES string of the molecule is COCCNCC1(Cc2cccc(F)c2Cl)CCOC1. The third-order valence-corrected chi connectivity index (χ3v) is 4.19. The second-order valence-electron chi connectivity index (χ2n) is 5.36. The number of hydrogen-bond donors (Lipinski definition) is 1. The highest BCUT2D eigenvalue weighted by molar-refractivity contribution is 6.31. The molecule has 1 unspecified atom stereocenters. The van der Waals surface area contributed by atoms with Gasteiger partial charge in [0.05, 0.1) is 18.2 Å². The van der Waals surface area contributed by atoms with Gasteiger partial charge in [0.15, 0.2) is 0 Å². The van der Waals surface area contributed by atoms with Crippen molar-refractivity contribution in [3.05, 3.63) is 34.6 Å². The Kier molecular flexibility index (Phi) is 5.78. The van der Waals surface area contributed by atoms with E-state index in [2.05, 4.69) is 5.32 Å². The monoisotopic (exact) mass is 301 g/mol. The highest BCUT2D eigenvalue weighted by Crippen LogP contribution is 2.34. The summed E-state index contributed by atoms with van der Waals surface area (Å²) in [4.78, 5) is 0. The van der Waals surface area contributed by atoms with Crippen molar-refractivity contribution >= 4 is 11.6 Å². The van der Waals surface area contributed by atoms with E-state index in [0.29, 0.717) is 13.2 Å². The van der Waals surface area contributed by atoms with Gasteiger partial charge in [-0.05, 0) is 24.5 Å². The highest BCUT2D eigenvalue weighted by atomic mass is 35.5. The number of halogens is 2. The maximum Gasteiger partial charge on any atom is 0.142 e. The van der Waals surface area contributed by atoms with E-state index in [-0.39, 0.29) is 16.3 Å². The van der Waals surface area contributed by atoms with Crippen LogP contribution in [0.2, 0.25) is 5.02 Å². The molecule has 2 rings (SSSR count). The lowest BCUT2D eigenvalue weighted by Gasteiger charge is -2.28. The average molecular weight is 302 g/mol. The van der Waals surface area contributed by atoms with E-state index in [1.54, 1.807) is 13.2 Å². The Bertz CT molecular complexity index is 436. The number of rotatable bonds is 7. The molecule has 1 aromatic carbocycles. The van der Waals surface area contributed by atoms with Gasteiger partial charge in [-0.3, -0.25) is 0 Å². The fraction of sp³-hybridized carbons (Fsp3) is 0.600. The summed E-state index contributed by atoms with van der Waals surface area (Å²) in [5.41, 5.74) is 0.844. The molecule has 1 N–H and O–H groups in total. The van der Waals surface area contributed by atoms with E-state index in [4.69, 9.17) is 21.1 Å². The summed E-state index contributed by atoms with van der Waals surface area (Å²) in [6.45, 7) is 3.73. The van der Waals surface area contributed by atoms with Crippen LogP contribution in [0.3, 0.4) is 0 Å². The molecule has 0 aliphatic carbocycles. The molecule has 0 radical (unpaired) electrons. The van der Waals surface area contributed by atoms with Gasteiger partial charge in [-0.25, -0.2) is 4.39 Å². The fourth-order valence-electron chi connectivity index (χ4n) is 2.61. The Hall–Kier alpha value is -0.680. The second-order valence-corrected chi connectivity index (χ2v) is 5.74. The summed E-state index contributed by atoms with van der Waals surface area (Å²) >= 11 is 6.06. The van der Waals surface area contributed by atoms with E-state index in [0.717, 1.165) is 38.1 Å². The lowest BCUT2D eigenvalue weighted by atomic mass is 9.81. The van der Waals surface area contributed by atoms with Crippen LogP contribution in [-0.4, -0.2) is 40.0 Å². The predicted molar refractivity (Wildman–Crippen MR) is 77.7 cm³/mol. The van der Waals surface area contributed by atoms with Gasteiger partial charge in [0.2, 0.25) is 0 Å². The molecular formula is C15H21ClFNO2. The Morgan fingerprint density at radius 1 is 1.50 bits per heavy atom. The third kappa shape index (κ3) is 3.92. The van der Waals surface area contributed by atoms with Crippen LogP contribution in [0.1, 0.15) is 12.0 Å². The minimum absolute atomic E-state index is 0.00876. The number of nitrogens with one attached hydrogen (secondary N) is 1. The standard InChI is InChI=1S/C15H21ClFNO2/c1-19-8-6-18-10-15(5-7-20-11-15)9-12-3-2-4-13(17)14(12)16/h2-4,18H,5-11H2,1H3. The first-order valence-electron chi connectivity index (χ1n) is 6.87. The van der Waals surface area contributed by atoms with Crippen LogP contribution < -0.4 is 5.32 Å². The molecule has 0 spiro atoms. The lowest BCUT2D eigenvalue weighted by molar-refractivity contribution is 0.145. The van der Waals surface area contributed by atoms with Gasteiger partial charge in [0, 0.05) is 32.2 Å². The first-order valence-corrected chi connectivity index (χ1v) is 7.25. The van der Waals surface area contributed by atoms with Gasteiger partial charge in [-0.15, -0.1) is 0 Å². The van der Waals surface area contributed by atoms with Crippen molar-refractivity contribution in [1.29, 1.82) is 0 Å². The van der Waals surface area contributed by atoms with Crippen molar-refractivity contribution in [3.63, 3.8) is 0 Å². The van der Waals surface area contributed by atoms with Crippen molar-refractivity contribution < 1.29 is 13.9 Å². The topological polar surface area (TPSA) is 30.5 Å². The van der Waals surface area contributed by atoms with E-state index < -0.39 is 0 Å². The largest absolute Gasteiger partial charge is 0.383 e. The maximum atomic E-state index is 13.5. The van der Waals surface area contributed by atoms with Crippen LogP contribution in [0, 0.1) is 11.2 Å². The molecule has 20 heavy (non-hydrogen) atoms. The van der Waals surface area contributed by atoms with Crippen LogP contribution >= 0.6 is 11.6 Å². The molecule has 0 amide bonds. The first-order chi connectivity index (χ1) is 9.67. The Morgan fingerprint density at radius 2 is 2.35 bits per heavy atom. The molecule has 0 aromatic heterocycles. The van der Waals surface area contributed by atoms with Gasteiger partial charge in [-0.1, -0.05) is 23.7 Å². The summed E-state index contributed by atoms with van der Waals surface area (Å²) in [6, 6.07) is 4.99. The van der Waals surface area contributed by atoms with Gasteiger partial charge in [0.1, 0.15) is 5.82 Å². The van der Waals surface area contributed by atoms with Crippen LogP contribution in [0.5, 0.6) is 0 Å². The molecule has 112 valence electrons. The molecule has 0 bridgehead atoms. The van der Waals surface area contributed by atoms with Gasteiger partial charge < -0.3 is 14.8 Å². The normalized spacial score (nSPS) is 22.4. The van der Waals surface area contributed by atoms with Gasteiger partial charge in [0.25, 0.3) is 0 Å². The minimum Gasteiger partial charge on any atom is -0.383 e. The van der Waals surface area contributed by atoms with E-state index in [1.165, 1.54) is 6.07 Å². The van der Waals surface area contributed by atoms with Crippen LogP contribution in [0.4, 0.5) is 4.39 Å². The fourth-order valence-corrected chi connectivity index (χ4v) is 2.80. The summed E-state index contributed by atoms with van der Waals surface area (Å²) in [7, 11) is 1.68. The molecule has 3 nitrogen and oxygen atoms in total. The third-order valence-electron chi connectivity index (χ3n) is 3.76. The molecule has 1 saturated heterocycles. The molecule has 1 atom stereocenters. The number of ether oxygens (including phenoxy) is 2. The van der Waals surface area contributed by atoms with Crippen molar-refractivity contribution in [2.45, 2.75) is 12.8 Å². The second kappa shape index (κ2) is 7.36. The molecule has 1 aliphatic heterocycles. The van der Waals surface area contributed by atoms with Gasteiger partial charge >= 0.3 is 0 Å². The van der Waals surface area contributed by atoms with Crippen LogP contribution in [0.25, 0.3) is 0 Å². The van der Waals surface area contributed by atoms with Crippen molar-refractivity contribution in [3.8, 4) is 0 Å². The predicted octanol–water partition coefficient (Wildman–Crippen LogP) is 2.66. The zero-order chi connectivity index (χ0) is 14.4.